The molecule has 0 spiro atoms. The number of hydrogen-bond acceptors (Lipinski definition) is 5. The Morgan fingerprint density at radius 1 is 1.09 bits per heavy atom. The van der Waals surface area contributed by atoms with Gasteiger partial charge in [-0.25, -0.2) is 9.50 Å². The van der Waals surface area contributed by atoms with Crippen molar-refractivity contribution in [2.24, 2.45) is 7.05 Å². The monoisotopic (exact) mass is 291 g/mol. The summed E-state index contributed by atoms with van der Waals surface area (Å²) in [6, 6.07) is 5.64. The van der Waals surface area contributed by atoms with Crippen molar-refractivity contribution in [1.29, 1.82) is 0 Å². The molecule has 0 atom stereocenters. The lowest BCUT2D eigenvalue weighted by molar-refractivity contribution is 0.771. The van der Waals surface area contributed by atoms with Crippen molar-refractivity contribution in [2.75, 3.05) is 5.73 Å². The van der Waals surface area contributed by atoms with Gasteiger partial charge >= 0.3 is 0 Å². The predicted octanol–water partition coefficient (Wildman–Crippen LogP) is 1.77. The summed E-state index contributed by atoms with van der Waals surface area (Å²) < 4.78 is 3.44. The van der Waals surface area contributed by atoms with E-state index in [1.54, 1.807) is 33.9 Å². The number of hydrogen-bond donors (Lipinski definition) is 1. The standard InChI is InChI=1S/C15H13N7/c1-21-5-3-13(19-21)11-2-4-17-8-12(11)10-7-18-15-6-14(16)20-22(15)9-10/h2-9H,1H3,(H2,16,20). The van der Waals surface area contributed by atoms with E-state index in [0.29, 0.717) is 11.5 Å². The van der Waals surface area contributed by atoms with E-state index in [1.165, 1.54) is 0 Å². The van der Waals surface area contributed by atoms with Crippen molar-refractivity contribution < 1.29 is 0 Å². The lowest BCUT2D eigenvalue weighted by atomic mass is 10.0. The van der Waals surface area contributed by atoms with Gasteiger partial charge < -0.3 is 5.73 Å². The SMILES string of the molecule is Cn1ccc(-c2ccncc2-c2cnc3cc(N)nn3c2)n1. The van der Waals surface area contributed by atoms with E-state index in [2.05, 4.69) is 20.2 Å². The predicted molar refractivity (Wildman–Crippen MR) is 82.8 cm³/mol. The molecule has 0 saturated carbocycles. The van der Waals surface area contributed by atoms with E-state index >= 15 is 0 Å². The summed E-state index contributed by atoms with van der Waals surface area (Å²) in [5, 5.41) is 8.66. The minimum Gasteiger partial charge on any atom is -0.382 e. The van der Waals surface area contributed by atoms with E-state index in [9.17, 15) is 0 Å². The second kappa shape index (κ2) is 4.66. The summed E-state index contributed by atoms with van der Waals surface area (Å²) in [5.74, 6) is 0.445. The van der Waals surface area contributed by atoms with Crippen LogP contribution in [0.15, 0.2) is 49.2 Å². The molecule has 0 aliphatic heterocycles. The quantitative estimate of drug-likeness (QED) is 0.608. The highest BCUT2D eigenvalue weighted by atomic mass is 15.3. The van der Waals surface area contributed by atoms with Crippen LogP contribution in [0.3, 0.4) is 0 Å². The fourth-order valence-electron chi connectivity index (χ4n) is 2.44. The summed E-state index contributed by atoms with van der Waals surface area (Å²) in [4.78, 5) is 8.61. The summed E-state index contributed by atoms with van der Waals surface area (Å²) in [6.45, 7) is 0. The number of nitrogens with zero attached hydrogens (tertiary/aromatic N) is 6. The molecule has 0 fully saturated rings. The molecule has 108 valence electrons. The first kappa shape index (κ1) is 12.5. The highest BCUT2D eigenvalue weighted by molar-refractivity contribution is 5.80. The van der Waals surface area contributed by atoms with Gasteiger partial charge in [-0.15, -0.1) is 5.10 Å². The minimum atomic E-state index is 0.445. The molecule has 4 heterocycles. The Morgan fingerprint density at radius 3 is 2.82 bits per heavy atom. The van der Waals surface area contributed by atoms with E-state index in [4.69, 9.17) is 5.73 Å². The van der Waals surface area contributed by atoms with Crippen molar-refractivity contribution in [3.63, 3.8) is 0 Å². The molecule has 0 aliphatic rings. The van der Waals surface area contributed by atoms with Gasteiger partial charge in [0.25, 0.3) is 0 Å². The number of nitrogen functional groups attached to an aromatic ring is 1. The topological polar surface area (TPSA) is 86.9 Å². The molecular formula is C15H13N7. The first-order valence-electron chi connectivity index (χ1n) is 6.76. The van der Waals surface area contributed by atoms with Gasteiger partial charge in [-0.3, -0.25) is 9.67 Å². The fourth-order valence-corrected chi connectivity index (χ4v) is 2.44. The Balaban J connectivity index is 1.90. The Morgan fingerprint density at radius 2 is 2.00 bits per heavy atom. The van der Waals surface area contributed by atoms with Crippen LogP contribution >= 0.6 is 0 Å². The highest BCUT2D eigenvalue weighted by Gasteiger charge is 2.11. The van der Waals surface area contributed by atoms with E-state index in [1.807, 2.05) is 31.6 Å². The minimum absolute atomic E-state index is 0.445. The molecule has 0 aromatic carbocycles. The van der Waals surface area contributed by atoms with Crippen molar-refractivity contribution in [3.8, 4) is 22.4 Å². The number of aromatic nitrogens is 6. The summed E-state index contributed by atoms with van der Waals surface area (Å²) in [7, 11) is 1.89. The lowest BCUT2D eigenvalue weighted by Crippen LogP contribution is -1.95. The molecule has 0 aliphatic carbocycles. The van der Waals surface area contributed by atoms with Crippen LogP contribution < -0.4 is 5.73 Å². The maximum Gasteiger partial charge on any atom is 0.157 e. The zero-order chi connectivity index (χ0) is 15.1. The molecule has 2 N–H and O–H groups in total. The average Bonchev–Trinajstić information content (AvgIpc) is 3.11. The molecule has 4 aromatic rings. The van der Waals surface area contributed by atoms with Crippen LogP contribution in [-0.4, -0.2) is 29.4 Å². The molecule has 0 unspecified atom stereocenters. The Kier molecular flexibility index (Phi) is 2.65. The molecule has 0 saturated heterocycles. The lowest BCUT2D eigenvalue weighted by Gasteiger charge is -2.07. The van der Waals surface area contributed by atoms with Gasteiger partial charge in [-0.1, -0.05) is 0 Å². The zero-order valence-corrected chi connectivity index (χ0v) is 11.9. The average molecular weight is 291 g/mol. The normalized spacial score (nSPS) is 11.1. The first-order valence-corrected chi connectivity index (χ1v) is 6.76. The van der Waals surface area contributed by atoms with E-state index in [0.717, 1.165) is 22.4 Å². The van der Waals surface area contributed by atoms with Gasteiger partial charge in [0.2, 0.25) is 0 Å². The molecule has 22 heavy (non-hydrogen) atoms. The Hall–Kier alpha value is -3.22. The molecule has 4 rings (SSSR count). The van der Waals surface area contributed by atoms with Crippen LogP contribution in [0.25, 0.3) is 28.0 Å². The Labute approximate surface area is 126 Å². The fraction of sp³-hybridized carbons (Fsp3) is 0.0667. The van der Waals surface area contributed by atoms with Crippen molar-refractivity contribution >= 4 is 11.5 Å². The third-order valence-corrected chi connectivity index (χ3v) is 3.45. The number of aryl methyl sites for hydroxylation is 1. The third kappa shape index (κ3) is 1.99. The van der Waals surface area contributed by atoms with Crippen LogP contribution in [-0.2, 0) is 7.05 Å². The summed E-state index contributed by atoms with van der Waals surface area (Å²) in [5.41, 5.74) is 10.2. The highest BCUT2D eigenvalue weighted by Crippen LogP contribution is 2.29. The molecule has 0 radical (unpaired) electrons. The van der Waals surface area contributed by atoms with Gasteiger partial charge in [0.05, 0.1) is 5.69 Å². The second-order valence-corrected chi connectivity index (χ2v) is 5.01. The van der Waals surface area contributed by atoms with Crippen LogP contribution in [0.2, 0.25) is 0 Å². The maximum atomic E-state index is 5.71. The Bertz CT molecular complexity index is 967. The number of fused-ring (bicyclic) bond motifs is 1. The van der Waals surface area contributed by atoms with Crippen molar-refractivity contribution in [2.45, 2.75) is 0 Å². The summed E-state index contributed by atoms with van der Waals surface area (Å²) in [6.07, 6.45) is 9.16. The van der Waals surface area contributed by atoms with E-state index in [-0.39, 0.29) is 0 Å². The maximum absolute atomic E-state index is 5.71. The first-order chi connectivity index (χ1) is 10.7. The van der Waals surface area contributed by atoms with Crippen LogP contribution in [0.5, 0.6) is 0 Å². The number of pyridine rings is 1. The second-order valence-electron chi connectivity index (χ2n) is 5.01. The van der Waals surface area contributed by atoms with Crippen molar-refractivity contribution in [1.82, 2.24) is 29.4 Å². The number of rotatable bonds is 2. The zero-order valence-electron chi connectivity index (χ0n) is 11.9. The van der Waals surface area contributed by atoms with Crippen LogP contribution in [0.1, 0.15) is 0 Å². The van der Waals surface area contributed by atoms with Gasteiger partial charge in [-0.2, -0.15) is 5.10 Å². The van der Waals surface area contributed by atoms with Crippen LogP contribution in [0, 0.1) is 0 Å². The molecule has 0 bridgehead atoms. The molecule has 0 amide bonds. The molecule has 7 heteroatoms. The van der Waals surface area contributed by atoms with Gasteiger partial charge in [-0.05, 0) is 12.1 Å². The smallest absolute Gasteiger partial charge is 0.157 e. The third-order valence-electron chi connectivity index (χ3n) is 3.45. The largest absolute Gasteiger partial charge is 0.382 e. The van der Waals surface area contributed by atoms with Gasteiger partial charge in [0, 0.05) is 60.8 Å². The van der Waals surface area contributed by atoms with Gasteiger partial charge in [0.1, 0.15) is 5.82 Å². The van der Waals surface area contributed by atoms with Crippen LogP contribution in [0.4, 0.5) is 5.82 Å². The van der Waals surface area contributed by atoms with Crippen molar-refractivity contribution in [3.05, 3.63) is 49.2 Å². The molecule has 7 nitrogen and oxygen atoms in total. The number of nitrogens with two attached hydrogens (primary N) is 1. The molecular weight excluding hydrogens is 278 g/mol. The van der Waals surface area contributed by atoms with Gasteiger partial charge in [0.15, 0.2) is 5.65 Å². The summed E-state index contributed by atoms with van der Waals surface area (Å²) >= 11 is 0. The molecule has 4 aromatic heterocycles. The number of anilines is 1. The van der Waals surface area contributed by atoms with E-state index < -0.39 is 0 Å².